The fourth-order valence-electron chi connectivity index (χ4n) is 3.06. The van der Waals surface area contributed by atoms with Gasteiger partial charge in [-0.2, -0.15) is 4.68 Å². The fourth-order valence-corrected chi connectivity index (χ4v) is 3.06. The number of hydrogen-bond donors (Lipinski definition) is 0. The topological polar surface area (TPSA) is 80.0 Å². The van der Waals surface area contributed by atoms with E-state index in [1.807, 2.05) is 35.2 Å². The van der Waals surface area contributed by atoms with E-state index >= 15 is 0 Å². The van der Waals surface area contributed by atoms with Gasteiger partial charge in [0.15, 0.2) is 5.82 Å². The second-order valence-corrected chi connectivity index (χ2v) is 6.15. The largest absolute Gasteiger partial charge is 0.336 e. The van der Waals surface area contributed by atoms with Gasteiger partial charge in [0, 0.05) is 44.1 Å². The summed E-state index contributed by atoms with van der Waals surface area (Å²) in [5.74, 6) is 0.853. The summed E-state index contributed by atoms with van der Waals surface area (Å²) in [6, 6.07) is 13.4. The molecule has 3 heterocycles. The molecule has 0 saturated carbocycles. The van der Waals surface area contributed by atoms with E-state index in [-0.39, 0.29) is 5.91 Å². The summed E-state index contributed by atoms with van der Waals surface area (Å²) in [5, 5.41) is 12.1. The van der Waals surface area contributed by atoms with Gasteiger partial charge in [-0.3, -0.25) is 14.7 Å². The molecule has 1 amide bonds. The van der Waals surface area contributed by atoms with Crippen LogP contribution in [0.4, 0.5) is 0 Å². The van der Waals surface area contributed by atoms with Crippen LogP contribution in [0.1, 0.15) is 16.2 Å². The van der Waals surface area contributed by atoms with Crippen molar-refractivity contribution in [3.63, 3.8) is 0 Å². The number of benzene rings is 1. The Kier molecular flexibility index (Phi) is 4.65. The van der Waals surface area contributed by atoms with Crippen LogP contribution in [-0.4, -0.2) is 67.1 Å². The Labute approximate surface area is 151 Å². The number of carbonyl (C=O) groups excluding carboxylic acids is 1. The van der Waals surface area contributed by atoms with E-state index in [2.05, 4.69) is 25.4 Å². The Morgan fingerprint density at radius 1 is 0.962 bits per heavy atom. The Morgan fingerprint density at radius 2 is 1.69 bits per heavy atom. The summed E-state index contributed by atoms with van der Waals surface area (Å²) in [7, 11) is 0. The first-order valence-corrected chi connectivity index (χ1v) is 8.55. The third kappa shape index (κ3) is 3.45. The summed E-state index contributed by atoms with van der Waals surface area (Å²) in [6.07, 6.45) is 3.29. The van der Waals surface area contributed by atoms with Crippen LogP contribution in [0.15, 0.2) is 54.9 Å². The molecule has 1 saturated heterocycles. The molecule has 132 valence electrons. The number of piperazine rings is 1. The lowest BCUT2D eigenvalue weighted by atomic mass is 10.2. The van der Waals surface area contributed by atoms with Crippen LogP contribution in [0.5, 0.6) is 0 Å². The lowest BCUT2D eigenvalue weighted by Crippen LogP contribution is -2.48. The number of pyridine rings is 1. The van der Waals surface area contributed by atoms with Crippen molar-refractivity contribution in [1.29, 1.82) is 0 Å². The summed E-state index contributed by atoms with van der Waals surface area (Å²) in [5.41, 5.74) is 1.63. The third-order valence-electron chi connectivity index (χ3n) is 4.49. The number of aromatic nitrogens is 5. The molecule has 0 unspecified atom stereocenters. The number of para-hydroxylation sites is 1. The Hall–Kier alpha value is -3.13. The second kappa shape index (κ2) is 7.40. The van der Waals surface area contributed by atoms with E-state index in [0.29, 0.717) is 25.2 Å². The van der Waals surface area contributed by atoms with Crippen LogP contribution < -0.4 is 0 Å². The van der Waals surface area contributed by atoms with Gasteiger partial charge in [0.1, 0.15) is 0 Å². The Morgan fingerprint density at radius 3 is 2.42 bits per heavy atom. The molecule has 0 N–H and O–H groups in total. The van der Waals surface area contributed by atoms with Crippen molar-refractivity contribution in [3.8, 4) is 5.69 Å². The molecule has 0 aliphatic carbocycles. The normalized spacial score (nSPS) is 15.2. The number of amides is 1. The van der Waals surface area contributed by atoms with Crippen molar-refractivity contribution in [2.24, 2.45) is 0 Å². The first-order valence-electron chi connectivity index (χ1n) is 8.55. The van der Waals surface area contributed by atoms with Crippen molar-refractivity contribution in [3.05, 3.63) is 66.2 Å². The summed E-state index contributed by atoms with van der Waals surface area (Å²) < 4.78 is 1.76. The number of hydrogen-bond acceptors (Lipinski definition) is 6. The third-order valence-corrected chi connectivity index (χ3v) is 4.49. The van der Waals surface area contributed by atoms with E-state index in [1.54, 1.807) is 29.2 Å². The van der Waals surface area contributed by atoms with E-state index in [0.717, 1.165) is 24.6 Å². The van der Waals surface area contributed by atoms with Crippen molar-refractivity contribution >= 4 is 5.91 Å². The Bertz CT molecular complexity index is 858. The molecular formula is C18H19N7O. The molecule has 0 radical (unpaired) electrons. The molecule has 1 aliphatic heterocycles. The average molecular weight is 349 g/mol. The van der Waals surface area contributed by atoms with Crippen molar-refractivity contribution in [1.82, 2.24) is 35.0 Å². The van der Waals surface area contributed by atoms with Crippen LogP contribution in [0.25, 0.3) is 5.69 Å². The molecule has 8 nitrogen and oxygen atoms in total. The highest BCUT2D eigenvalue weighted by molar-refractivity contribution is 5.94. The molecule has 1 aliphatic rings. The predicted molar refractivity (Wildman–Crippen MR) is 94.6 cm³/mol. The highest BCUT2D eigenvalue weighted by atomic mass is 16.2. The molecule has 1 aromatic carbocycles. The molecule has 8 heteroatoms. The van der Waals surface area contributed by atoms with Gasteiger partial charge < -0.3 is 4.90 Å². The Balaban J connectivity index is 1.38. The smallest absolute Gasteiger partial charge is 0.254 e. The molecule has 3 aromatic rings. The second-order valence-electron chi connectivity index (χ2n) is 6.15. The van der Waals surface area contributed by atoms with E-state index < -0.39 is 0 Å². The summed E-state index contributed by atoms with van der Waals surface area (Å²) >= 11 is 0. The maximum Gasteiger partial charge on any atom is 0.254 e. The van der Waals surface area contributed by atoms with Gasteiger partial charge in [-0.25, -0.2) is 0 Å². The number of tetrazole rings is 1. The quantitative estimate of drug-likeness (QED) is 0.699. The van der Waals surface area contributed by atoms with E-state index in [4.69, 9.17) is 0 Å². The molecule has 1 fully saturated rings. The standard InChI is InChI=1S/C18H19N7O/c26-18(15-6-8-19-9-7-15)24-12-10-23(11-13-24)14-17-20-21-22-25(17)16-4-2-1-3-5-16/h1-9H,10-14H2. The number of carbonyl (C=O) groups is 1. The zero-order valence-corrected chi connectivity index (χ0v) is 14.3. The van der Waals surface area contributed by atoms with Crippen molar-refractivity contribution in [2.45, 2.75) is 6.54 Å². The lowest BCUT2D eigenvalue weighted by molar-refractivity contribution is 0.0624. The lowest BCUT2D eigenvalue weighted by Gasteiger charge is -2.34. The molecule has 0 bridgehead atoms. The SMILES string of the molecule is O=C(c1ccncc1)N1CCN(Cc2nnnn2-c2ccccc2)CC1. The van der Waals surface area contributed by atoms with Crippen molar-refractivity contribution < 1.29 is 4.79 Å². The zero-order chi connectivity index (χ0) is 17.8. The van der Waals surface area contributed by atoms with E-state index in [1.165, 1.54) is 0 Å². The number of nitrogens with zero attached hydrogens (tertiary/aromatic N) is 7. The van der Waals surface area contributed by atoms with Gasteiger partial charge in [-0.1, -0.05) is 18.2 Å². The van der Waals surface area contributed by atoms with Crippen LogP contribution in [0.2, 0.25) is 0 Å². The molecule has 4 rings (SSSR count). The summed E-state index contributed by atoms with van der Waals surface area (Å²) in [4.78, 5) is 20.6. The molecule has 26 heavy (non-hydrogen) atoms. The van der Waals surface area contributed by atoms with Crippen LogP contribution >= 0.6 is 0 Å². The van der Waals surface area contributed by atoms with Crippen LogP contribution in [-0.2, 0) is 6.54 Å². The highest BCUT2D eigenvalue weighted by Gasteiger charge is 2.23. The van der Waals surface area contributed by atoms with Gasteiger partial charge in [-0.05, 0) is 34.7 Å². The minimum Gasteiger partial charge on any atom is -0.336 e. The van der Waals surface area contributed by atoms with Crippen molar-refractivity contribution in [2.75, 3.05) is 26.2 Å². The maximum atomic E-state index is 12.5. The van der Waals surface area contributed by atoms with Gasteiger partial charge in [0.05, 0.1) is 12.2 Å². The monoisotopic (exact) mass is 349 g/mol. The van der Waals surface area contributed by atoms with E-state index in [9.17, 15) is 4.79 Å². The van der Waals surface area contributed by atoms with Crippen LogP contribution in [0.3, 0.4) is 0 Å². The average Bonchev–Trinajstić information content (AvgIpc) is 3.17. The number of rotatable bonds is 4. The fraction of sp³-hybridized carbons (Fsp3) is 0.278. The maximum absolute atomic E-state index is 12.5. The first kappa shape index (κ1) is 16.3. The predicted octanol–water partition coefficient (Wildman–Crippen LogP) is 1.02. The van der Waals surface area contributed by atoms with Gasteiger partial charge in [0.25, 0.3) is 5.91 Å². The zero-order valence-electron chi connectivity index (χ0n) is 14.3. The van der Waals surface area contributed by atoms with Crippen LogP contribution in [0, 0.1) is 0 Å². The van der Waals surface area contributed by atoms with Gasteiger partial charge >= 0.3 is 0 Å². The first-order chi connectivity index (χ1) is 12.8. The molecule has 0 atom stereocenters. The molecule has 0 spiro atoms. The van der Waals surface area contributed by atoms with Gasteiger partial charge in [-0.15, -0.1) is 5.10 Å². The van der Waals surface area contributed by atoms with Gasteiger partial charge in [0.2, 0.25) is 0 Å². The minimum atomic E-state index is 0.0566. The highest BCUT2D eigenvalue weighted by Crippen LogP contribution is 2.12. The summed E-state index contributed by atoms with van der Waals surface area (Å²) in [6.45, 7) is 3.61. The molecular weight excluding hydrogens is 330 g/mol. The molecule has 2 aromatic heterocycles. The minimum absolute atomic E-state index is 0.0566.